The van der Waals surface area contributed by atoms with E-state index in [4.69, 9.17) is 9.47 Å². The van der Waals surface area contributed by atoms with Gasteiger partial charge in [-0.05, 0) is 134 Å². The van der Waals surface area contributed by atoms with Crippen LogP contribution in [-0.4, -0.2) is 53.8 Å². The lowest BCUT2D eigenvalue weighted by molar-refractivity contribution is -0.151. The number of esters is 2. The van der Waals surface area contributed by atoms with Gasteiger partial charge in [-0.3, -0.25) is 19.3 Å². The van der Waals surface area contributed by atoms with Crippen molar-refractivity contribution in [2.75, 3.05) is 18.5 Å². The highest BCUT2D eigenvalue weighted by Gasteiger charge is 2.47. The third-order valence-electron chi connectivity index (χ3n) is 5.44. The molecule has 0 fully saturated rings. The Kier molecular flexibility index (Phi) is 11.2. The number of amides is 3. The molecule has 3 rings (SSSR count). The molecule has 2 aromatic rings. The van der Waals surface area contributed by atoms with E-state index in [1.807, 2.05) is 59.0 Å². The molecule has 13 heteroatoms. The first-order chi connectivity index (χ1) is 17.9. The van der Waals surface area contributed by atoms with Crippen molar-refractivity contribution >= 4 is 126 Å². The highest BCUT2D eigenvalue weighted by Crippen LogP contribution is 2.38. The Morgan fingerprint density at radius 2 is 1.39 bits per heavy atom. The Morgan fingerprint density at radius 1 is 0.868 bits per heavy atom. The predicted molar refractivity (Wildman–Crippen MR) is 173 cm³/mol. The summed E-state index contributed by atoms with van der Waals surface area (Å²) in [6, 6.07) is 4.88. The molecule has 1 atom stereocenters. The van der Waals surface area contributed by atoms with Gasteiger partial charge in [0.1, 0.15) is 6.04 Å². The SMILES string of the molecule is CCOC(=O)c1ccc(NC(=O)COC(=O)[C@H](CC(C)C)N2C(=O)c3c(I)c(I)c(I)c(I)c3C2=O)cc1. The van der Waals surface area contributed by atoms with Crippen molar-refractivity contribution in [2.45, 2.75) is 33.2 Å². The smallest absolute Gasteiger partial charge is 0.338 e. The number of fused-ring (bicyclic) bond motifs is 1. The third-order valence-corrected chi connectivity index (χ3v) is 12.8. The molecule has 9 nitrogen and oxygen atoms in total. The van der Waals surface area contributed by atoms with E-state index in [9.17, 15) is 24.0 Å². The first-order valence-corrected chi connectivity index (χ1v) is 15.7. The van der Waals surface area contributed by atoms with Crippen LogP contribution in [0, 0.1) is 20.2 Å². The zero-order chi connectivity index (χ0) is 28.3. The van der Waals surface area contributed by atoms with Crippen LogP contribution in [0.3, 0.4) is 0 Å². The fourth-order valence-corrected chi connectivity index (χ4v) is 7.39. The van der Waals surface area contributed by atoms with Crippen LogP contribution >= 0.6 is 90.4 Å². The molecule has 2 aromatic carbocycles. The summed E-state index contributed by atoms with van der Waals surface area (Å²) in [5.41, 5.74) is 1.31. The monoisotopic (exact) mass is 970 g/mol. The lowest BCUT2D eigenvalue weighted by Crippen LogP contribution is -2.47. The van der Waals surface area contributed by atoms with E-state index in [1.165, 1.54) is 24.3 Å². The number of carbonyl (C=O) groups excluding carboxylic acids is 5. The lowest BCUT2D eigenvalue weighted by Gasteiger charge is -2.26. The van der Waals surface area contributed by atoms with Crippen LogP contribution in [0.15, 0.2) is 24.3 Å². The Labute approximate surface area is 274 Å². The summed E-state index contributed by atoms with van der Waals surface area (Å²) in [6.45, 7) is 5.07. The molecule has 0 aliphatic carbocycles. The summed E-state index contributed by atoms with van der Waals surface area (Å²) in [6.07, 6.45) is 0.183. The zero-order valence-corrected chi connectivity index (χ0v) is 29.0. The van der Waals surface area contributed by atoms with Crippen LogP contribution in [0.1, 0.15) is 58.3 Å². The van der Waals surface area contributed by atoms with Crippen molar-refractivity contribution in [2.24, 2.45) is 5.92 Å². The van der Waals surface area contributed by atoms with Gasteiger partial charge in [0.05, 0.1) is 23.3 Å². The quantitative estimate of drug-likeness (QED) is 0.117. The number of rotatable bonds is 9. The molecule has 3 amide bonds. The van der Waals surface area contributed by atoms with Crippen LogP contribution < -0.4 is 5.32 Å². The van der Waals surface area contributed by atoms with Gasteiger partial charge in [-0.25, -0.2) is 9.59 Å². The maximum Gasteiger partial charge on any atom is 0.338 e. The number of hydrogen-bond donors (Lipinski definition) is 1. The molecular formula is C25H22I4N2O7. The van der Waals surface area contributed by atoms with Crippen molar-refractivity contribution in [1.82, 2.24) is 4.90 Å². The molecule has 1 N–H and O–H groups in total. The first-order valence-electron chi connectivity index (χ1n) is 11.4. The standard InChI is InChI=1S/C25H22I4N2O7/c1-4-37-24(35)12-5-7-13(8-6-12)30-15(32)10-38-25(36)14(9-11(2)3)31-22(33)16-17(23(31)34)19(27)21(29)20(28)18(16)26/h5-8,11,14H,4,9-10H2,1-3H3,(H,30,32)/t14-/m0/s1. The maximum atomic E-state index is 13.4. The summed E-state index contributed by atoms with van der Waals surface area (Å²) in [5, 5.41) is 2.58. The minimum Gasteiger partial charge on any atom is -0.462 e. The number of carbonyl (C=O) groups is 5. The number of nitrogens with one attached hydrogen (secondary N) is 1. The number of anilines is 1. The topological polar surface area (TPSA) is 119 Å². The molecular weight excluding hydrogens is 948 g/mol. The fraction of sp³-hybridized carbons (Fsp3) is 0.320. The van der Waals surface area contributed by atoms with Crippen molar-refractivity contribution in [1.29, 1.82) is 0 Å². The fourth-order valence-electron chi connectivity index (χ4n) is 3.74. The van der Waals surface area contributed by atoms with Gasteiger partial charge in [-0.2, -0.15) is 0 Å². The van der Waals surface area contributed by atoms with Gasteiger partial charge >= 0.3 is 11.9 Å². The predicted octanol–water partition coefficient (Wildman–Crippen LogP) is 5.47. The van der Waals surface area contributed by atoms with E-state index in [2.05, 4.69) is 50.5 Å². The van der Waals surface area contributed by atoms with E-state index in [-0.39, 0.29) is 30.1 Å². The number of hydrogen-bond acceptors (Lipinski definition) is 7. The van der Waals surface area contributed by atoms with Gasteiger partial charge in [0.15, 0.2) is 6.61 Å². The molecule has 0 bridgehead atoms. The van der Waals surface area contributed by atoms with Gasteiger partial charge in [0.25, 0.3) is 17.7 Å². The summed E-state index contributed by atoms with van der Waals surface area (Å²) in [4.78, 5) is 65.2. The second-order valence-corrected chi connectivity index (χ2v) is 12.9. The molecule has 0 unspecified atom stereocenters. The molecule has 0 aromatic heterocycles. The number of ether oxygens (including phenoxy) is 2. The Bertz CT molecular complexity index is 1270. The van der Waals surface area contributed by atoms with Crippen LogP contribution in [0.2, 0.25) is 0 Å². The Balaban J connectivity index is 1.74. The average Bonchev–Trinajstić information content (AvgIpc) is 3.13. The van der Waals surface area contributed by atoms with Gasteiger partial charge in [0, 0.05) is 20.0 Å². The maximum absolute atomic E-state index is 13.4. The van der Waals surface area contributed by atoms with Gasteiger partial charge in [0.2, 0.25) is 0 Å². The lowest BCUT2D eigenvalue weighted by atomic mass is 10.0. The van der Waals surface area contributed by atoms with E-state index >= 15 is 0 Å². The van der Waals surface area contributed by atoms with Crippen molar-refractivity contribution in [3.8, 4) is 0 Å². The van der Waals surface area contributed by atoms with Crippen molar-refractivity contribution < 1.29 is 33.4 Å². The summed E-state index contributed by atoms with van der Waals surface area (Å²) in [7, 11) is 0. The molecule has 1 aliphatic heterocycles. The molecule has 0 saturated heterocycles. The van der Waals surface area contributed by atoms with Crippen molar-refractivity contribution in [3.63, 3.8) is 0 Å². The average molecular weight is 970 g/mol. The minimum absolute atomic E-state index is 0.0398. The van der Waals surface area contributed by atoms with Gasteiger partial charge in [-0.1, -0.05) is 13.8 Å². The van der Waals surface area contributed by atoms with E-state index < -0.39 is 42.3 Å². The number of nitrogens with zero attached hydrogens (tertiary/aromatic N) is 1. The Morgan fingerprint density at radius 3 is 1.87 bits per heavy atom. The van der Waals surface area contributed by atoms with Crippen LogP contribution in [0.25, 0.3) is 0 Å². The zero-order valence-electron chi connectivity index (χ0n) is 20.4. The molecule has 1 aliphatic rings. The molecule has 202 valence electrons. The van der Waals surface area contributed by atoms with Gasteiger partial charge < -0.3 is 14.8 Å². The molecule has 0 saturated carbocycles. The highest BCUT2D eigenvalue weighted by molar-refractivity contribution is 14.1. The molecule has 1 heterocycles. The third kappa shape index (κ3) is 6.79. The molecule has 0 spiro atoms. The summed E-state index contributed by atoms with van der Waals surface area (Å²) < 4.78 is 13.3. The van der Waals surface area contributed by atoms with Crippen LogP contribution in [0.5, 0.6) is 0 Å². The first kappa shape index (κ1) is 31.4. The summed E-state index contributed by atoms with van der Waals surface area (Å²) >= 11 is 8.38. The summed E-state index contributed by atoms with van der Waals surface area (Å²) in [5.74, 6) is -3.05. The minimum atomic E-state index is -1.18. The van der Waals surface area contributed by atoms with Crippen LogP contribution in [0.4, 0.5) is 5.69 Å². The van der Waals surface area contributed by atoms with Crippen LogP contribution in [-0.2, 0) is 19.1 Å². The largest absolute Gasteiger partial charge is 0.462 e. The second kappa shape index (κ2) is 13.5. The Hall–Kier alpha value is -1.09. The normalized spacial score (nSPS) is 13.4. The second-order valence-electron chi connectivity index (χ2n) is 8.59. The number of halogens is 4. The molecule has 38 heavy (non-hydrogen) atoms. The highest BCUT2D eigenvalue weighted by atomic mass is 127. The molecule has 0 radical (unpaired) electrons. The van der Waals surface area contributed by atoms with Crippen molar-refractivity contribution in [3.05, 3.63) is 55.2 Å². The number of imide groups is 1. The number of benzene rings is 2. The van der Waals surface area contributed by atoms with E-state index in [1.54, 1.807) is 6.92 Å². The van der Waals surface area contributed by atoms with E-state index in [0.29, 0.717) is 18.4 Å². The van der Waals surface area contributed by atoms with E-state index in [0.717, 1.165) is 12.0 Å². The van der Waals surface area contributed by atoms with Gasteiger partial charge in [-0.15, -0.1) is 0 Å².